The lowest BCUT2D eigenvalue weighted by atomic mass is 10.2. The number of nitrogens with one attached hydrogen (secondary N) is 2. The molecule has 0 unspecified atom stereocenters. The maximum absolute atomic E-state index is 12.2. The van der Waals surface area contributed by atoms with Crippen molar-refractivity contribution in [3.8, 4) is 0 Å². The van der Waals surface area contributed by atoms with E-state index in [1.165, 1.54) is 0 Å². The van der Waals surface area contributed by atoms with Gasteiger partial charge in [0, 0.05) is 24.5 Å². The number of benzene rings is 1. The van der Waals surface area contributed by atoms with Gasteiger partial charge in [-0.1, -0.05) is 59.1 Å². The predicted octanol–water partition coefficient (Wildman–Crippen LogP) is 3.30. The first-order valence-corrected chi connectivity index (χ1v) is 7.65. The highest BCUT2D eigenvalue weighted by Crippen LogP contribution is 2.29. The number of halogens is 3. The van der Waals surface area contributed by atoms with Crippen molar-refractivity contribution < 1.29 is 4.79 Å². The van der Waals surface area contributed by atoms with Crippen molar-refractivity contribution in [3.63, 3.8) is 0 Å². The summed E-state index contributed by atoms with van der Waals surface area (Å²) in [6, 6.07) is 12.4. The van der Waals surface area contributed by atoms with Gasteiger partial charge in [-0.05, 0) is 23.8 Å². The van der Waals surface area contributed by atoms with Crippen LogP contribution in [0.4, 0.5) is 0 Å². The second-order valence-corrected chi connectivity index (χ2v) is 6.93. The SMILES string of the molecule is O=C(N[C@@H](NCc1cccnc1)C(Cl)(Cl)Cl)c1ccccc1. The number of hydrogen-bond acceptors (Lipinski definition) is 3. The second kappa shape index (κ2) is 7.79. The zero-order valence-corrected chi connectivity index (χ0v) is 13.7. The standard InChI is InChI=1S/C15H14Cl3N3O/c16-15(17,18)14(20-10-11-5-4-8-19-9-11)21-13(22)12-6-2-1-3-7-12/h1-9,14,20H,10H2,(H,21,22)/t14-/m1/s1. The molecule has 1 atom stereocenters. The summed E-state index contributed by atoms with van der Waals surface area (Å²) < 4.78 is -1.69. The Bertz CT molecular complexity index is 602. The molecule has 7 heteroatoms. The highest BCUT2D eigenvalue weighted by molar-refractivity contribution is 6.68. The number of pyridine rings is 1. The third-order valence-electron chi connectivity index (χ3n) is 2.87. The summed E-state index contributed by atoms with van der Waals surface area (Å²) in [4.78, 5) is 16.2. The van der Waals surface area contributed by atoms with Gasteiger partial charge < -0.3 is 5.32 Å². The molecule has 116 valence electrons. The molecule has 0 fully saturated rings. The molecule has 1 aromatic carbocycles. The van der Waals surface area contributed by atoms with Crippen LogP contribution in [0.3, 0.4) is 0 Å². The van der Waals surface area contributed by atoms with E-state index in [2.05, 4.69) is 15.6 Å². The normalized spacial score (nSPS) is 12.7. The molecule has 4 nitrogen and oxygen atoms in total. The van der Waals surface area contributed by atoms with E-state index >= 15 is 0 Å². The Morgan fingerprint density at radius 1 is 1.14 bits per heavy atom. The number of alkyl halides is 3. The van der Waals surface area contributed by atoms with Gasteiger partial charge in [-0.15, -0.1) is 0 Å². The molecule has 0 saturated heterocycles. The third-order valence-corrected chi connectivity index (χ3v) is 3.53. The van der Waals surface area contributed by atoms with E-state index < -0.39 is 9.96 Å². The first-order chi connectivity index (χ1) is 10.5. The first kappa shape index (κ1) is 17.0. The summed E-state index contributed by atoms with van der Waals surface area (Å²) in [7, 11) is 0. The predicted molar refractivity (Wildman–Crippen MR) is 89.1 cm³/mol. The maximum Gasteiger partial charge on any atom is 0.252 e. The molecule has 0 aliphatic rings. The summed E-state index contributed by atoms with van der Waals surface area (Å²) in [5.41, 5.74) is 1.40. The van der Waals surface area contributed by atoms with Crippen molar-refractivity contribution >= 4 is 40.7 Å². The average Bonchev–Trinajstić information content (AvgIpc) is 2.52. The Morgan fingerprint density at radius 3 is 2.45 bits per heavy atom. The molecule has 0 aliphatic heterocycles. The van der Waals surface area contributed by atoms with Crippen LogP contribution in [0.5, 0.6) is 0 Å². The number of carbonyl (C=O) groups is 1. The van der Waals surface area contributed by atoms with Gasteiger partial charge in [0.1, 0.15) is 6.17 Å². The van der Waals surface area contributed by atoms with Gasteiger partial charge in [-0.25, -0.2) is 0 Å². The lowest BCUT2D eigenvalue weighted by molar-refractivity contribution is 0.0929. The molecule has 2 N–H and O–H groups in total. The van der Waals surface area contributed by atoms with Crippen LogP contribution in [-0.2, 0) is 6.54 Å². The van der Waals surface area contributed by atoms with Gasteiger partial charge >= 0.3 is 0 Å². The van der Waals surface area contributed by atoms with Crippen LogP contribution in [0.2, 0.25) is 0 Å². The Hall–Kier alpha value is -1.33. The van der Waals surface area contributed by atoms with Crippen molar-refractivity contribution in [2.45, 2.75) is 16.5 Å². The van der Waals surface area contributed by atoms with E-state index in [4.69, 9.17) is 34.8 Å². The summed E-state index contributed by atoms with van der Waals surface area (Å²) in [5.74, 6) is -0.324. The van der Waals surface area contributed by atoms with Crippen molar-refractivity contribution in [1.29, 1.82) is 0 Å². The van der Waals surface area contributed by atoms with Crippen molar-refractivity contribution in [3.05, 3.63) is 66.0 Å². The van der Waals surface area contributed by atoms with Gasteiger partial charge in [0.25, 0.3) is 5.91 Å². The smallest absolute Gasteiger partial charge is 0.252 e. The van der Waals surface area contributed by atoms with E-state index in [9.17, 15) is 4.79 Å². The molecule has 2 rings (SSSR count). The zero-order valence-electron chi connectivity index (χ0n) is 11.5. The monoisotopic (exact) mass is 357 g/mol. The Balaban J connectivity index is 2.02. The van der Waals surface area contributed by atoms with E-state index in [-0.39, 0.29) is 5.91 Å². The van der Waals surface area contributed by atoms with Gasteiger partial charge in [-0.3, -0.25) is 15.1 Å². The van der Waals surface area contributed by atoms with E-state index in [1.807, 2.05) is 18.2 Å². The van der Waals surface area contributed by atoms with Crippen molar-refractivity contribution in [2.75, 3.05) is 0 Å². The maximum atomic E-state index is 12.2. The molecule has 0 saturated carbocycles. The van der Waals surface area contributed by atoms with Gasteiger partial charge in [0.15, 0.2) is 0 Å². The highest BCUT2D eigenvalue weighted by Gasteiger charge is 2.33. The highest BCUT2D eigenvalue weighted by atomic mass is 35.6. The molecule has 1 amide bonds. The quantitative estimate of drug-likeness (QED) is 0.637. The van der Waals surface area contributed by atoms with Crippen LogP contribution in [-0.4, -0.2) is 20.8 Å². The number of hydrogen-bond donors (Lipinski definition) is 2. The molecule has 0 spiro atoms. The van der Waals surface area contributed by atoms with Crippen LogP contribution >= 0.6 is 34.8 Å². The van der Waals surface area contributed by atoms with E-state index in [1.54, 1.807) is 36.7 Å². The third kappa shape index (κ3) is 5.14. The molecular formula is C15H14Cl3N3O. The Labute approximate surface area is 143 Å². The lowest BCUT2D eigenvalue weighted by Gasteiger charge is -2.26. The molecule has 0 radical (unpaired) electrons. The molecule has 1 aromatic heterocycles. The van der Waals surface area contributed by atoms with Crippen LogP contribution in [0.25, 0.3) is 0 Å². The fourth-order valence-corrected chi connectivity index (χ4v) is 2.17. The number of aromatic nitrogens is 1. The average molecular weight is 359 g/mol. The molecule has 1 heterocycles. The van der Waals surface area contributed by atoms with E-state index in [0.29, 0.717) is 12.1 Å². The largest absolute Gasteiger partial charge is 0.333 e. The minimum atomic E-state index is -1.69. The Kier molecular flexibility index (Phi) is 6.03. The molecule has 0 bridgehead atoms. The molecule has 22 heavy (non-hydrogen) atoms. The van der Waals surface area contributed by atoms with Gasteiger partial charge in [0.2, 0.25) is 3.79 Å². The van der Waals surface area contributed by atoms with Gasteiger partial charge in [0.05, 0.1) is 0 Å². The van der Waals surface area contributed by atoms with Gasteiger partial charge in [-0.2, -0.15) is 0 Å². The van der Waals surface area contributed by atoms with Crippen LogP contribution < -0.4 is 10.6 Å². The summed E-state index contributed by atoms with van der Waals surface area (Å²) in [6.07, 6.45) is 2.53. The number of nitrogens with zero attached hydrogens (tertiary/aromatic N) is 1. The summed E-state index contributed by atoms with van der Waals surface area (Å²) in [6.45, 7) is 0.404. The van der Waals surface area contributed by atoms with Crippen molar-refractivity contribution in [1.82, 2.24) is 15.6 Å². The first-order valence-electron chi connectivity index (χ1n) is 6.52. The second-order valence-electron chi connectivity index (χ2n) is 4.56. The minimum absolute atomic E-state index is 0.324. The summed E-state index contributed by atoms with van der Waals surface area (Å²) in [5, 5.41) is 5.69. The van der Waals surface area contributed by atoms with Crippen LogP contribution in [0, 0.1) is 0 Å². The number of amides is 1. The molecular weight excluding hydrogens is 345 g/mol. The fraction of sp³-hybridized carbons (Fsp3) is 0.200. The molecule has 2 aromatic rings. The van der Waals surface area contributed by atoms with Crippen LogP contribution in [0.15, 0.2) is 54.9 Å². The number of rotatable bonds is 5. The lowest BCUT2D eigenvalue weighted by Crippen LogP contribution is -2.53. The minimum Gasteiger partial charge on any atom is -0.333 e. The fourth-order valence-electron chi connectivity index (χ4n) is 1.78. The topological polar surface area (TPSA) is 54.0 Å². The molecule has 0 aliphatic carbocycles. The van der Waals surface area contributed by atoms with E-state index in [0.717, 1.165) is 5.56 Å². The number of carbonyl (C=O) groups excluding carboxylic acids is 1. The Morgan fingerprint density at radius 2 is 1.86 bits per heavy atom. The summed E-state index contributed by atoms with van der Waals surface area (Å²) >= 11 is 17.8. The van der Waals surface area contributed by atoms with Crippen molar-refractivity contribution in [2.24, 2.45) is 0 Å². The zero-order chi connectivity index (χ0) is 16.0. The van der Waals surface area contributed by atoms with Crippen LogP contribution in [0.1, 0.15) is 15.9 Å².